The number of benzene rings is 2. The Morgan fingerprint density at radius 3 is 2.50 bits per heavy atom. The second-order valence-electron chi connectivity index (χ2n) is 5.13. The molecule has 0 unspecified atom stereocenters. The molecule has 0 spiro atoms. The summed E-state index contributed by atoms with van der Waals surface area (Å²) < 4.78 is 1.08. The van der Waals surface area contributed by atoms with Crippen LogP contribution in [0.5, 0.6) is 0 Å². The highest BCUT2D eigenvalue weighted by molar-refractivity contribution is 14.1. The molecule has 1 fully saturated rings. The molecule has 5 heteroatoms. The van der Waals surface area contributed by atoms with Crippen molar-refractivity contribution in [3.8, 4) is 0 Å². The van der Waals surface area contributed by atoms with Gasteiger partial charge in [-0.1, -0.05) is 12.1 Å². The minimum Gasteiger partial charge on any atom is -0.320 e. The summed E-state index contributed by atoms with van der Waals surface area (Å²) in [4.78, 5) is 26.0. The Labute approximate surface area is 142 Å². The lowest BCUT2D eigenvalue weighted by atomic mass is 10.2. The number of nitrogens with zero attached hydrogens (tertiary/aromatic N) is 1. The topological polar surface area (TPSA) is 49.4 Å². The van der Waals surface area contributed by atoms with Gasteiger partial charge in [0.2, 0.25) is 5.91 Å². The summed E-state index contributed by atoms with van der Waals surface area (Å²) >= 11 is 2.20. The van der Waals surface area contributed by atoms with Gasteiger partial charge in [-0.2, -0.15) is 0 Å². The SMILES string of the molecule is O=C(Nc1ccccc1N1CCCC1=O)c1ccc(I)cc1. The van der Waals surface area contributed by atoms with Crippen LogP contribution in [0.3, 0.4) is 0 Å². The predicted molar refractivity (Wildman–Crippen MR) is 95.1 cm³/mol. The number of hydrogen-bond acceptors (Lipinski definition) is 2. The molecule has 1 heterocycles. The van der Waals surface area contributed by atoms with Gasteiger partial charge in [0.05, 0.1) is 11.4 Å². The number of nitrogens with one attached hydrogen (secondary N) is 1. The van der Waals surface area contributed by atoms with Crippen molar-refractivity contribution in [1.29, 1.82) is 0 Å². The van der Waals surface area contributed by atoms with Crippen molar-refractivity contribution in [1.82, 2.24) is 0 Å². The number of carbonyl (C=O) groups is 2. The normalized spacial score (nSPS) is 14.2. The van der Waals surface area contributed by atoms with Crippen LogP contribution in [0.25, 0.3) is 0 Å². The van der Waals surface area contributed by atoms with Gasteiger partial charge < -0.3 is 10.2 Å². The maximum absolute atomic E-state index is 12.4. The first-order valence-electron chi connectivity index (χ1n) is 7.11. The highest BCUT2D eigenvalue weighted by Crippen LogP contribution is 2.29. The third-order valence-electron chi connectivity index (χ3n) is 3.62. The smallest absolute Gasteiger partial charge is 0.255 e. The van der Waals surface area contributed by atoms with Crippen molar-refractivity contribution >= 4 is 45.8 Å². The van der Waals surface area contributed by atoms with Crippen molar-refractivity contribution in [2.45, 2.75) is 12.8 Å². The van der Waals surface area contributed by atoms with Crippen LogP contribution in [-0.4, -0.2) is 18.4 Å². The summed E-state index contributed by atoms with van der Waals surface area (Å²) in [7, 11) is 0. The van der Waals surface area contributed by atoms with Crippen molar-refractivity contribution in [3.05, 3.63) is 57.7 Å². The number of anilines is 2. The van der Waals surface area contributed by atoms with Crippen LogP contribution < -0.4 is 10.2 Å². The van der Waals surface area contributed by atoms with E-state index >= 15 is 0 Å². The number of halogens is 1. The molecule has 0 aliphatic carbocycles. The van der Waals surface area contributed by atoms with Crippen molar-refractivity contribution in [2.24, 2.45) is 0 Å². The summed E-state index contributed by atoms with van der Waals surface area (Å²) in [6.45, 7) is 0.704. The molecule has 2 amide bonds. The number of rotatable bonds is 3. The van der Waals surface area contributed by atoms with Crippen molar-refractivity contribution in [2.75, 3.05) is 16.8 Å². The van der Waals surface area contributed by atoms with E-state index in [-0.39, 0.29) is 11.8 Å². The molecular weight excluding hydrogens is 391 g/mol. The molecule has 1 N–H and O–H groups in total. The van der Waals surface area contributed by atoms with E-state index in [2.05, 4.69) is 27.9 Å². The predicted octanol–water partition coefficient (Wildman–Crippen LogP) is 3.67. The molecule has 2 aromatic carbocycles. The van der Waals surface area contributed by atoms with Crippen LogP contribution in [0.4, 0.5) is 11.4 Å². The monoisotopic (exact) mass is 406 g/mol. The Hall–Kier alpha value is -1.89. The summed E-state index contributed by atoms with van der Waals surface area (Å²) in [6, 6.07) is 14.8. The lowest BCUT2D eigenvalue weighted by molar-refractivity contribution is -0.117. The van der Waals surface area contributed by atoms with Gasteiger partial charge in [-0.05, 0) is 65.4 Å². The molecule has 0 aromatic heterocycles. The average Bonchev–Trinajstić information content (AvgIpc) is 2.94. The zero-order chi connectivity index (χ0) is 15.5. The molecule has 112 valence electrons. The van der Waals surface area contributed by atoms with Crippen molar-refractivity contribution in [3.63, 3.8) is 0 Å². The molecule has 0 bridgehead atoms. The van der Waals surface area contributed by atoms with Crippen LogP contribution in [-0.2, 0) is 4.79 Å². The fraction of sp³-hybridized carbons (Fsp3) is 0.176. The van der Waals surface area contributed by atoms with E-state index in [1.165, 1.54) is 0 Å². The molecule has 1 aliphatic rings. The fourth-order valence-corrected chi connectivity index (χ4v) is 2.87. The molecule has 1 saturated heterocycles. The quantitative estimate of drug-likeness (QED) is 0.791. The van der Waals surface area contributed by atoms with Gasteiger partial charge in [0, 0.05) is 22.1 Å². The molecule has 1 aliphatic heterocycles. The van der Waals surface area contributed by atoms with Crippen LogP contribution in [0, 0.1) is 3.57 Å². The maximum atomic E-state index is 12.4. The van der Waals surface area contributed by atoms with E-state index in [1.807, 2.05) is 36.4 Å². The molecular formula is C17H15IN2O2. The van der Waals surface area contributed by atoms with Gasteiger partial charge in [-0.3, -0.25) is 9.59 Å². The fourth-order valence-electron chi connectivity index (χ4n) is 2.51. The van der Waals surface area contributed by atoms with Gasteiger partial charge >= 0.3 is 0 Å². The first-order valence-corrected chi connectivity index (χ1v) is 8.19. The van der Waals surface area contributed by atoms with Gasteiger partial charge in [-0.25, -0.2) is 0 Å². The number of amides is 2. The van der Waals surface area contributed by atoms with Crippen LogP contribution in [0.2, 0.25) is 0 Å². The highest BCUT2D eigenvalue weighted by atomic mass is 127. The van der Waals surface area contributed by atoms with Crippen LogP contribution in [0.15, 0.2) is 48.5 Å². The zero-order valence-electron chi connectivity index (χ0n) is 11.9. The number of para-hydroxylation sites is 2. The maximum Gasteiger partial charge on any atom is 0.255 e. The van der Waals surface area contributed by atoms with E-state index < -0.39 is 0 Å². The van der Waals surface area contributed by atoms with E-state index in [1.54, 1.807) is 17.0 Å². The summed E-state index contributed by atoms with van der Waals surface area (Å²) in [5, 5.41) is 2.91. The van der Waals surface area contributed by atoms with Crippen molar-refractivity contribution < 1.29 is 9.59 Å². The van der Waals surface area contributed by atoms with Gasteiger partial charge in [0.15, 0.2) is 0 Å². The Bertz CT molecular complexity index is 713. The van der Waals surface area contributed by atoms with E-state index in [0.717, 1.165) is 15.7 Å². The second kappa shape index (κ2) is 6.48. The molecule has 0 atom stereocenters. The molecule has 0 radical (unpaired) electrons. The first kappa shape index (κ1) is 15.0. The van der Waals surface area contributed by atoms with Gasteiger partial charge in [0.1, 0.15) is 0 Å². The van der Waals surface area contributed by atoms with E-state index in [9.17, 15) is 9.59 Å². The standard InChI is InChI=1S/C17H15IN2O2/c18-13-9-7-12(8-10-13)17(22)19-14-4-1-2-5-15(14)20-11-3-6-16(20)21/h1-2,4-5,7-10H,3,6,11H2,(H,19,22). The Kier molecular flexibility index (Phi) is 4.42. The number of carbonyl (C=O) groups excluding carboxylic acids is 2. The molecule has 3 rings (SSSR count). The van der Waals surface area contributed by atoms with Gasteiger partial charge in [-0.15, -0.1) is 0 Å². The highest BCUT2D eigenvalue weighted by Gasteiger charge is 2.24. The molecule has 0 saturated carbocycles. The zero-order valence-corrected chi connectivity index (χ0v) is 14.0. The van der Waals surface area contributed by atoms with Crippen LogP contribution >= 0.6 is 22.6 Å². The van der Waals surface area contributed by atoms with Crippen LogP contribution in [0.1, 0.15) is 23.2 Å². The average molecular weight is 406 g/mol. The first-order chi connectivity index (χ1) is 10.6. The Morgan fingerprint density at radius 1 is 1.09 bits per heavy atom. The Morgan fingerprint density at radius 2 is 1.82 bits per heavy atom. The van der Waals surface area contributed by atoms with E-state index in [0.29, 0.717) is 24.2 Å². The molecule has 4 nitrogen and oxygen atoms in total. The number of hydrogen-bond donors (Lipinski definition) is 1. The van der Waals surface area contributed by atoms with Gasteiger partial charge in [0.25, 0.3) is 5.91 Å². The third-order valence-corrected chi connectivity index (χ3v) is 4.34. The van der Waals surface area contributed by atoms with E-state index in [4.69, 9.17) is 0 Å². The molecule has 2 aromatic rings. The summed E-state index contributed by atoms with van der Waals surface area (Å²) in [5.41, 5.74) is 2.04. The summed E-state index contributed by atoms with van der Waals surface area (Å²) in [5.74, 6) is -0.0635. The lowest BCUT2D eigenvalue weighted by Crippen LogP contribution is -2.25. The largest absolute Gasteiger partial charge is 0.320 e. The minimum atomic E-state index is -0.171. The molecule has 22 heavy (non-hydrogen) atoms. The summed E-state index contributed by atoms with van der Waals surface area (Å²) in [6.07, 6.45) is 1.43. The minimum absolute atomic E-state index is 0.107. The Balaban J connectivity index is 1.84. The second-order valence-corrected chi connectivity index (χ2v) is 6.37. The third kappa shape index (κ3) is 3.14. The lowest BCUT2D eigenvalue weighted by Gasteiger charge is -2.20.